The fraction of sp³-hybridized carbons (Fsp3) is 0.111. The molecule has 152 valence electrons. The average Bonchev–Trinajstić information content (AvgIpc) is 2.82. The molecule has 0 saturated carbocycles. The summed E-state index contributed by atoms with van der Waals surface area (Å²) in [6.45, 7) is 0.532. The summed E-state index contributed by atoms with van der Waals surface area (Å²) >= 11 is 0. The molecule has 1 aromatic heterocycles. The third-order valence-corrected chi connectivity index (χ3v) is 4.82. The van der Waals surface area contributed by atoms with E-state index in [1.165, 1.54) is 0 Å². The summed E-state index contributed by atoms with van der Waals surface area (Å²) in [6.07, 6.45) is 2.07. The average molecular weight is 406 g/mol. The summed E-state index contributed by atoms with van der Waals surface area (Å²) < 4.78 is 5.72. The Labute approximate surface area is 181 Å². The molecular formula is C27H22N2O2. The van der Waals surface area contributed by atoms with Crippen LogP contribution < -0.4 is 10.1 Å². The lowest BCUT2D eigenvalue weighted by atomic mass is 10.0. The SMILES string of the molecule is O=C(Cc1ccc(-c2ccccc2)cc1)NCC#CCOc1cccc2cccnc12. The van der Waals surface area contributed by atoms with E-state index in [1.807, 2.05) is 72.8 Å². The van der Waals surface area contributed by atoms with Crippen LogP contribution in [0.3, 0.4) is 0 Å². The normalized spacial score (nSPS) is 10.2. The summed E-state index contributed by atoms with van der Waals surface area (Å²) in [5.41, 5.74) is 4.09. The van der Waals surface area contributed by atoms with Gasteiger partial charge in [-0.1, -0.05) is 84.6 Å². The quantitative estimate of drug-likeness (QED) is 0.475. The highest BCUT2D eigenvalue weighted by Gasteiger charge is 2.04. The second-order valence-electron chi connectivity index (χ2n) is 6.99. The van der Waals surface area contributed by atoms with Gasteiger partial charge in [-0.15, -0.1) is 0 Å². The van der Waals surface area contributed by atoms with Gasteiger partial charge in [-0.25, -0.2) is 0 Å². The number of ether oxygens (including phenoxy) is 1. The van der Waals surface area contributed by atoms with Crippen molar-refractivity contribution < 1.29 is 9.53 Å². The molecule has 4 aromatic rings. The van der Waals surface area contributed by atoms with E-state index in [-0.39, 0.29) is 19.1 Å². The van der Waals surface area contributed by atoms with Crippen molar-refractivity contribution in [3.8, 4) is 28.7 Å². The van der Waals surface area contributed by atoms with Gasteiger partial charge in [0.2, 0.25) is 5.91 Å². The van der Waals surface area contributed by atoms with Gasteiger partial charge in [-0.05, 0) is 28.8 Å². The van der Waals surface area contributed by atoms with Gasteiger partial charge in [0.15, 0.2) is 0 Å². The highest BCUT2D eigenvalue weighted by atomic mass is 16.5. The lowest BCUT2D eigenvalue weighted by molar-refractivity contribution is -0.120. The number of benzene rings is 3. The summed E-state index contributed by atoms with van der Waals surface area (Å²) in [5.74, 6) is 6.50. The summed E-state index contributed by atoms with van der Waals surface area (Å²) in [7, 11) is 0. The number of nitrogens with one attached hydrogen (secondary N) is 1. The summed E-state index contributed by atoms with van der Waals surface area (Å²) in [4.78, 5) is 16.5. The van der Waals surface area contributed by atoms with Crippen molar-refractivity contribution in [1.82, 2.24) is 10.3 Å². The number of hydrogen-bond acceptors (Lipinski definition) is 3. The minimum absolute atomic E-state index is 0.0547. The molecule has 0 aliphatic rings. The van der Waals surface area contributed by atoms with Crippen LogP contribution in [0.4, 0.5) is 0 Å². The van der Waals surface area contributed by atoms with Gasteiger partial charge >= 0.3 is 0 Å². The molecule has 0 unspecified atom stereocenters. The van der Waals surface area contributed by atoms with Gasteiger partial charge in [0.1, 0.15) is 17.9 Å². The molecule has 0 aliphatic carbocycles. The first-order chi connectivity index (χ1) is 15.3. The van der Waals surface area contributed by atoms with Crippen LogP contribution in [0.1, 0.15) is 5.56 Å². The molecule has 4 rings (SSSR count). The maximum atomic E-state index is 12.1. The van der Waals surface area contributed by atoms with Gasteiger partial charge in [0.25, 0.3) is 0 Å². The molecule has 0 fully saturated rings. The maximum Gasteiger partial charge on any atom is 0.225 e. The smallest absolute Gasteiger partial charge is 0.225 e. The Hall–Kier alpha value is -4.10. The number of hydrogen-bond donors (Lipinski definition) is 1. The minimum Gasteiger partial charge on any atom is -0.479 e. The highest BCUT2D eigenvalue weighted by Crippen LogP contribution is 2.22. The Morgan fingerprint density at radius 3 is 2.45 bits per heavy atom. The first kappa shape index (κ1) is 20.2. The number of pyridine rings is 1. The topological polar surface area (TPSA) is 51.2 Å². The van der Waals surface area contributed by atoms with Gasteiger partial charge in [0.05, 0.1) is 13.0 Å². The zero-order chi connectivity index (χ0) is 21.3. The van der Waals surface area contributed by atoms with E-state index in [1.54, 1.807) is 6.20 Å². The molecule has 0 radical (unpaired) electrons. The van der Waals surface area contributed by atoms with Crippen molar-refractivity contribution in [1.29, 1.82) is 0 Å². The lowest BCUT2D eigenvalue weighted by Crippen LogP contribution is -2.25. The van der Waals surface area contributed by atoms with Crippen LogP contribution in [0, 0.1) is 11.8 Å². The van der Waals surface area contributed by atoms with Crippen LogP contribution in [0.2, 0.25) is 0 Å². The number of aromatic nitrogens is 1. The Kier molecular flexibility index (Phi) is 6.57. The van der Waals surface area contributed by atoms with E-state index in [0.29, 0.717) is 12.2 Å². The second-order valence-corrected chi connectivity index (χ2v) is 6.99. The number of carbonyl (C=O) groups is 1. The monoisotopic (exact) mass is 406 g/mol. The van der Waals surface area contributed by atoms with Crippen LogP contribution in [-0.4, -0.2) is 24.0 Å². The van der Waals surface area contributed by atoms with Crippen molar-refractivity contribution in [2.45, 2.75) is 6.42 Å². The molecule has 4 nitrogen and oxygen atoms in total. The van der Waals surface area contributed by atoms with Crippen LogP contribution in [0.25, 0.3) is 22.0 Å². The molecule has 3 aromatic carbocycles. The van der Waals surface area contributed by atoms with E-state index in [4.69, 9.17) is 4.74 Å². The van der Waals surface area contributed by atoms with Crippen molar-refractivity contribution in [3.05, 3.63) is 96.7 Å². The van der Waals surface area contributed by atoms with Crippen molar-refractivity contribution in [2.75, 3.05) is 13.2 Å². The predicted octanol–water partition coefficient (Wildman–Crippen LogP) is 4.64. The van der Waals surface area contributed by atoms with Gasteiger partial charge in [0, 0.05) is 11.6 Å². The minimum atomic E-state index is -0.0547. The maximum absolute atomic E-state index is 12.1. The first-order valence-corrected chi connectivity index (χ1v) is 10.1. The molecule has 1 amide bonds. The molecule has 0 aliphatic heterocycles. The molecule has 1 N–H and O–H groups in total. The van der Waals surface area contributed by atoms with Gasteiger partial charge in [-0.2, -0.15) is 0 Å². The molecule has 31 heavy (non-hydrogen) atoms. The molecule has 4 heteroatoms. The number of amides is 1. The number of para-hydroxylation sites is 1. The van der Waals surface area contributed by atoms with Crippen molar-refractivity contribution in [2.24, 2.45) is 0 Å². The van der Waals surface area contributed by atoms with E-state index in [9.17, 15) is 4.79 Å². The van der Waals surface area contributed by atoms with Crippen LogP contribution in [-0.2, 0) is 11.2 Å². The van der Waals surface area contributed by atoms with Gasteiger partial charge < -0.3 is 10.1 Å². The van der Waals surface area contributed by atoms with Gasteiger partial charge in [-0.3, -0.25) is 9.78 Å². The Bertz CT molecular complexity index is 1220. The second kappa shape index (κ2) is 10.1. The largest absolute Gasteiger partial charge is 0.479 e. The molecule has 0 bridgehead atoms. The Morgan fingerprint density at radius 2 is 1.61 bits per heavy atom. The number of nitrogens with zero attached hydrogens (tertiary/aromatic N) is 1. The van der Waals surface area contributed by atoms with E-state index < -0.39 is 0 Å². The van der Waals surface area contributed by atoms with Crippen molar-refractivity contribution >= 4 is 16.8 Å². The molecule has 0 atom stereocenters. The first-order valence-electron chi connectivity index (χ1n) is 10.1. The molecule has 0 spiro atoms. The Balaban J connectivity index is 1.22. The van der Waals surface area contributed by atoms with Crippen molar-refractivity contribution in [3.63, 3.8) is 0 Å². The van der Waals surface area contributed by atoms with Crippen LogP contribution >= 0.6 is 0 Å². The number of carbonyl (C=O) groups excluding carboxylic acids is 1. The zero-order valence-electron chi connectivity index (χ0n) is 17.0. The summed E-state index contributed by atoms with van der Waals surface area (Å²) in [5, 5.41) is 3.85. The van der Waals surface area contributed by atoms with Crippen LogP contribution in [0.15, 0.2) is 91.1 Å². The third kappa shape index (κ3) is 5.49. The Morgan fingerprint density at radius 1 is 0.839 bits per heavy atom. The van der Waals surface area contributed by atoms with E-state index >= 15 is 0 Å². The van der Waals surface area contributed by atoms with E-state index in [2.05, 4.69) is 34.3 Å². The zero-order valence-corrected chi connectivity index (χ0v) is 17.0. The van der Waals surface area contributed by atoms with Crippen LogP contribution in [0.5, 0.6) is 5.75 Å². The lowest BCUT2D eigenvalue weighted by Gasteiger charge is -2.05. The third-order valence-electron chi connectivity index (χ3n) is 4.82. The predicted molar refractivity (Wildman–Crippen MR) is 124 cm³/mol. The highest BCUT2D eigenvalue weighted by molar-refractivity contribution is 5.84. The summed E-state index contributed by atoms with van der Waals surface area (Å²) in [6, 6.07) is 27.9. The molecular weight excluding hydrogens is 384 g/mol. The van der Waals surface area contributed by atoms with E-state index in [0.717, 1.165) is 27.6 Å². The fourth-order valence-electron chi connectivity index (χ4n) is 3.26. The molecule has 1 heterocycles. The molecule has 0 saturated heterocycles. The number of rotatable bonds is 6. The fourth-order valence-corrected chi connectivity index (χ4v) is 3.26. The number of fused-ring (bicyclic) bond motifs is 1. The standard InChI is InChI=1S/C27H22N2O2/c30-26(20-21-13-15-23(16-14-21)22-8-2-1-3-9-22)28-17-4-5-19-31-25-12-6-10-24-11-7-18-29-27(24)25/h1-3,6-16,18H,17,19-20H2,(H,28,30).